The van der Waals surface area contributed by atoms with E-state index in [1.54, 1.807) is 0 Å². The van der Waals surface area contributed by atoms with Gasteiger partial charge in [0.15, 0.2) is 17.5 Å². The molecule has 1 aromatic carbocycles. The van der Waals surface area contributed by atoms with Crippen molar-refractivity contribution in [3.63, 3.8) is 0 Å². The summed E-state index contributed by atoms with van der Waals surface area (Å²) in [4.78, 5) is 21.3. The summed E-state index contributed by atoms with van der Waals surface area (Å²) in [5, 5.41) is 0. The zero-order valence-electron chi connectivity index (χ0n) is 12.6. The number of aromatic nitrogens is 2. The fraction of sp³-hybridized carbons (Fsp3) is 0.312. The van der Waals surface area contributed by atoms with Crippen LogP contribution in [-0.4, -0.2) is 40.0 Å². The van der Waals surface area contributed by atoms with Crippen molar-refractivity contribution >= 4 is 5.91 Å². The first-order valence-corrected chi connectivity index (χ1v) is 7.41. The normalized spacial score (nSPS) is 17.6. The quantitative estimate of drug-likeness (QED) is 0.864. The number of hydrogen-bond donors (Lipinski definition) is 0. The Hall–Kier alpha value is -2.64. The number of carbonyl (C=O) groups is 1. The van der Waals surface area contributed by atoms with Crippen LogP contribution in [0.25, 0.3) is 0 Å². The molecule has 2 aromatic rings. The molecule has 1 unspecified atom stereocenters. The molecule has 1 fully saturated rings. The van der Waals surface area contributed by atoms with E-state index >= 15 is 0 Å². The van der Waals surface area contributed by atoms with Crippen molar-refractivity contribution in [1.82, 2.24) is 14.9 Å². The molecule has 8 heteroatoms. The van der Waals surface area contributed by atoms with Crippen molar-refractivity contribution in [3.8, 4) is 6.01 Å². The lowest BCUT2D eigenvalue weighted by Gasteiger charge is -2.32. The number of piperidine rings is 1. The van der Waals surface area contributed by atoms with Crippen molar-refractivity contribution in [2.45, 2.75) is 18.9 Å². The summed E-state index contributed by atoms with van der Waals surface area (Å²) in [7, 11) is 0. The van der Waals surface area contributed by atoms with Gasteiger partial charge in [0.05, 0.1) is 18.9 Å². The van der Waals surface area contributed by atoms with Crippen LogP contribution >= 0.6 is 0 Å². The highest BCUT2D eigenvalue weighted by Gasteiger charge is 2.26. The molecular formula is C16H14F3N3O2. The molecule has 0 aliphatic carbocycles. The summed E-state index contributed by atoms with van der Waals surface area (Å²) in [5.41, 5.74) is 0.0765. The van der Waals surface area contributed by atoms with Crippen LogP contribution in [0, 0.1) is 17.5 Å². The number of carbonyl (C=O) groups excluding carboxylic acids is 1. The van der Waals surface area contributed by atoms with Gasteiger partial charge in [-0.1, -0.05) is 0 Å². The number of hydrogen-bond acceptors (Lipinski definition) is 4. The molecule has 0 N–H and O–H groups in total. The number of halogens is 3. The summed E-state index contributed by atoms with van der Waals surface area (Å²) < 4.78 is 44.6. The Morgan fingerprint density at radius 1 is 1.17 bits per heavy atom. The molecule has 0 spiro atoms. The van der Waals surface area contributed by atoms with Crippen LogP contribution in [0.3, 0.4) is 0 Å². The molecule has 0 radical (unpaired) electrons. The van der Waals surface area contributed by atoms with Gasteiger partial charge in [-0.2, -0.15) is 0 Å². The van der Waals surface area contributed by atoms with E-state index in [4.69, 9.17) is 4.74 Å². The Labute approximate surface area is 136 Å². The van der Waals surface area contributed by atoms with Gasteiger partial charge in [-0.25, -0.2) is 23.1 Å². The van der Waals surface area contributed by atoms with E-state index in [2.05, 4.69) is 9.97 Å². The van der Waals surface area contributed by atoms with E-state index in [9.17, 15) is 18.0 Å². The van der Waals surface area contributed by atoms with Gasteiger partial charge in [0.1, 0.15) is 6.10 Å². The summed E-state index contributed by atoms with van der Waals surface area (Å²) >= 11 is 0. The van der Waals surface area contributed by atoms with Crippen molar-refractivity contribution in [2.24, 2.45) is 0 Å². The molecule has 1 aliphatic rings. The van der Waals surface area contributed by atoms with Crippen LogP contribution in [0.5, 0.6) is 6.01 Å². The lowest BCUT2D eigenvalue weighted by atomic mass is 10.1. The second kappa shape index (κ2) is 6.86. The topological polar surface area (TPSA) is 55.3 Å². The van der Waals surface area contributed by atoms with Crippen LogP contribution in [0.15, 0.2) is 30.6 Å². The number of amides is 1. The summed E-state index contributed by atoms with van der Waals surface area (Å²) in [6.07, 6.45) is 3.01. The predicted octanol–water partition coefficient (Wildman–Crippen LogP) is 2.58. The van der Waals surface area contributed by atoms with Gasteiger partial charge in [0.25, 0.3) is 5.91 Å². The van der Waals surface area contributed by atoms with Crippen molar-refractivity contribution in [1.29, 1.82) is 0 Å². The van der Waals surface area contributed by atoms with E-state index < -0.39 is 23.4 Å². The second-order valence-electron chi connectivity index (χ2n) is 5.45. The van der Waals surface area contributed by atoms with Crippen LogP contribution in [0.1, 0.15) is 23.2 Å². The molecule has 1 atom stereocenters. The smallest absolute Gasteiger partial charge is 0.316 e. The van der Waals surface area contributed by atoms with Crippen LogP contribution in [0.4, 0.5) is 13.2 Å². The molecule has 24 heavy (non-hydrogen) atoms. The number of ether oxygens (including phenoxy) is 1. The molecular weight excluding hydrogens is 323 g/mol. The average Bonchev–Trinajstić information content (AvgIpc) is 2.59. The molecule has 2 heterocycles. The number of rotatable bonds is 3. The monoisotopic (exact) mass is 337 g/mol. The van der Waals surface area contributed by atoms with Crippen LogP contribution in [0.2, 0.25) is 0 Å². The van der Waals surface area contributed by atoms with E-state index in [-0.39, 0.29) is 24.2 Å². The first-order valence-electron chi connectivity index (χ1n) is 7.41. The Kier molecular flexibility index (Phi) is 4.64. The van der Waals surface area contributed by atoms with Gasteiger partial charge < -0.3 is 9.64 Å². The summed E-state index contributed by atoms with van der Waals surface area (Å²) in [6.45, 7) is 0.751. The first kappa shape index (κ1) is 16.2. The molecule has 0 saturated carbocycles. The highest BCUT2D eigenvalue weighted by Crippen LogP contribution is 2.18. The Balaban J connectivity index is 1.67. The van der Waals surface area contributed by atoms with Gasteiger partial charge >= 0.3 is 6.01 Å². The molecule has 0 bridgehead atoms. The van der Waals surface area contributed by atoms with Crippen LogP contribution < -0.4 is 4.74 Å². The molecule has 5 nitrogen and oxygen atoms in total. The maximum absolute atomic E-state index is 13.3. The molecule has 1 aliphatic heterocycles. The third kappa shape index (κ3) is 3.64. The van der Waals surface area contributed by atoms with Gasteiger partial charge in [-0.15, -0.1) is 0 Å². The average molecular weight is 337 g/mol. The fourth-order valence-electron chi connectivity index (χ4n) is 2.54. The summed E-state index contributed by atoms with van der Waals surface area (Å²) in [6, 6.07) is 3.08. The van der Waals surface area contributed by atoms with Crippen molar-refractivity contribution in [2.75, 3.05) is 13.1 Å². The lowest BCUT2D eigenvalue weighted by molar-refractivity contribution is 0.0515. The van der Waals surface area contributed by atoms with Crippen LogP contribution in [-0.2, 0) is 0 Å². The fourth-order valence-corrected chi connectivity index (χ4v) is 2.54. The van der Waals surface area contributed by atoms with E-state index in [0.29, 0.717) is 19.4 Å². The first-order chi connectivity index (χ1) is 11.5. The van der Waals surface area contributed by atoms with E-state index in [0.717, 1.165) is 24.5 Å². The zero-order valence-corrected chi connectivity index (χ0v) is 12.6. The minimum absolute atomic E-state index is 0.0310. The maximum atomic E-state index is 13.3. The number of likely N-dealkylation sites (tertiary alicyclic amines) is 1. The van der Waals surface area contributed by atoms with E-state index in [1.165, 1.54) is 11.0 Å². The molecule has 1 aromatic heterocycles. The Morgan fingerprint density at radius 3 is 2.62 bits per heavy atom. The lowest BCUT2D eigenvalue weighted by Crippen LogP contribution is -2.44. The standard InChI is InChI=1S/C16H14F3N3O2/c17-11-7-20-16(21-8-11)24-12-2-1-5-22(9-12)15(23)10-3-4-13(18)14(19)6-10/h3-4,6-8,12H,1-2,5,9H2. The zero-order chi connectivity index (χ0) is 17.1. The third-order valence-corrected chi connectivity index (χ3v) is 3.70. The second-order valence-corrected chi connectivity index (χ2v) is 5.45. The predicted molar refractivity (Wildman–Crippen MR) is 77.9 cm³/mol. The van der Waals surface area contributed by atoms with Gasteiger partial charge in [0.2, 0.25) is 0 Å². The molecule has 126 valence electrons. The molecule has 1 amide bonds. The molecule has 1 saturated heterocycles. The van der Waals surface area contributed by atoms with E-state index in [1.807, 2.05) is 0 Å². The maximum Gasteiger partial charge on any atom is 0.316 e. The van der Waals surface area contributed by atoms with Crippen molar-refractivity contribution in [3.05, 3.63) is 53.6 Å². The summed E-state index contributed by atoms with van der Waals surface area (Å²) in [5.74, 6) is -3.03. The SMILES string of the molecule is O=C(c1ccc(F)c(F)c1)N1CCCC(Oc2ncc(F)cn2)C1. The number of benzene rings is 1. The number of nitrogens with zero attached hydrogens (tertiary/aromatic N) is 3. The largest absolute Gasteiger partial charge is 0.458 e. The van der Waals surface area contributed by atoms with Gasteiger partial charge in [0, 0.05) is 12.1 Å². The minimum Gasteiger partial charge on any atom is -0.458 e. The highest BCUT2D eigenvalue weighted by molar-refractivity contribution is 5.94. The van der Waals surface area contributed by atoms with Gasteiger partial charge in [-0.05, 0) is 31.0 Å². The minimum atomic E-state index is -1.06. The van der Waals surface area contributed by atoms with Gasteiger partial charge in [-0.3, -0.25) is 4.79 Å². The molecule has 3 rings (SSSR count). The highest BCUT2D eigenvalue weighted by atomic mass is 19.2. The third-order valence-electron chi connectivity index (χ3n) is 3.70. The Bertz CT molecular complexity index is 740. The van der Waals surface area contributed by atoms with Crippen molar-refractivity contribution < 1.29 is 22.7 Å². The Morgan fingerprint density at radius 2 is 1.92 bits per heavy atom.